The lowest BCUT2D eigenvalue weighted by Crippen LogP contribution is -2.32. The number of carbonyl (C=O) groups is 1. The van der Waals surface area contributed by atoms with E-state index in [1.807, 2.05) is 36.9 Å². The van der Waals surface area contributed by atoms with Crippen LogP contribution < -0.4 is 0 Å². The zero-order valence-electron chi connectivity index (χ0n) is 10.8. The lowest BCUT2D eigenvalue weighted by molar-refractivity contribution is 0.0761. The second-order valence-corrected chi connectivity index (χ2v) is 5.01. The second kappa shape index (κ2) is 6.80. The van der Waals surface area contributed by atoms with E-state index in [9.17, 15) is 4.79 Å². The Balaban J connectivity index is 2.90. The van der Waals surface area contributed by atoms with Gasteiger partial charge in [-0.2, -0.15) is 0 Å². The molecule has 1 aromatic carbocycles. The van der Waals surface area contributed by atoms with Crippen molar-refractivity contribution in [2.45, 2.75) is 33.6 Å². The van der Waals surface area contributed by atoms with Crippen molar-refractivity contribution in [1.29, 1.82) is 0 Å². The monoisotopic (exact) mass is 297 g/mol. The quantitative estimate of drug-likeness (QED) is 0.804. The number of hydrogen-bond donors (Lipinski definition) is 0. The summed E-state index contributed by atoms with van der Waals surface area (Å²) in [6.45, 7) is 7.76. The summed E-state index contributed by atoms with van der Waals surface area (Å²) >= 11 is 3.47. The zero-order chi connectivity index (χ0) is 12.8. The van der Waals surface area contributed by atoms with Crippen molar-refractivity contribution in [2.24, 2.45) is 0 Å². The maximum Gasteiger partial charge on any atom is 0.254 e. The van der Waals surface area contributed by atoms with E-state index < -0.39 is 0 Å². The van der Waals surface area contributed by atoms with Gasteiger partial charge in [-0.05, 0) is 38.0 Å². The Morgan fingerprint density at radius 2 is 2.06 bits per heavy atom. The van der Waals surface area contributed by atoms with Crippen LogP contribution in [0.25, 0.3) is 0 Å². The van der Waals surface area contributed by atoms with Crippen LogP contribution in [0.15, 0.2) is 22.7 Å². The summed E-state index contributed by atoms with van der Waals surface area (Å²) in [6, 6.07) is 5.78. The first-order chi connectivity index (χ1) is 8.11. The maximum atomic E-state index is 12.4. The lowest BCUT2D eigenvalue weighted by atomic mass is 10.1. The van der Waals surface area contributed by atoms with Gasteiger partial charge in [0.25, 0.3) is 5.91 Å². The van der Waals surface area contributed by atoms with Gasteiger partial charge >= 0.3 is 0 Å². The number of benzene rings is 1. The lowest BCUT2D eigenvalue weighted by Gasteiger charge is -2.21. The Labute approximate surface area is 112 Å². The number of unbranched alkanes of at least 4 members (excludes halogenated alkanes) is 1. The molecule has 0 fully saturated rings. The summed E-state index contributed by atoms with van der Waals surface area (Å²) in [7, 11) is 0. The highest BCUT2D eigenvalue weighted by Gasteiger charge is 2.16. The van der Waals surface area contributed by atoms with Gasteiger partial charge in [0.1, 0.15) is 0 Å². The number of carbonyl (C=O) groups excluding carboxylic acids is 1. The van der Waals surface area contributed by atoms with E-state index in [4.69, 9.17) is 0 Å². The van der Waals surface area contributed by atoms with Crippen LogP contribution in [-0.2, 0) is 0 Å². The van der Waals surface area contributed by atoms with Gasteiger partial charge in [-0.1, -0.05) is 35.3 Å². The number of rotatable bonds is 5. The molecule has 0 N–H and O–H groups in total. The molecule has 1 rings (SSSR count). The fourth-order valence-corrected chi connectivity index (χ4v) is 2.13. The predicted molar refractivity (Wildman–Crippen MR) is 75.4 cm³/mol. The highest BCUT2D eigenvalue weighted by Crippen LogP contribution is 2.20. The van der Waals surface area contributed by atoms with Crippen LogP contribution in [0.2, 0.25) is 0 Å². The summed E-state index contributed by atoms with van der Waals surface area (Å²) in [6.07, 6.45) is 2.17. The molecule has 0 radical (unpaired) electrons. The molecule has 0 aliphatic carbocycles. The van der Waals surface area contributed by atoms with Gasteiger partial charge in [0.05, 0.1) is 0 Å². The van der Waals surface area contributed by atoms with Crippen LogP contribution in [-0.4, -0.2) is 23.9 Å². The fraction of sp³-hybridized carbons (Fsp3) is 0.500. The summed E-state index contributed by atoms with van der Waals surface area (Å²) in [5.41, 5.74) is 1.82. The van der Waals surface area contributed by atoms with Crippen molar-refractivity contribution >= 4 is 21.8 Å². The van der Waals surface area contributed by atoms with E-state index >= 15 is 0 Å². The van der Waals surface area contributed by atoms with E-state index in [0.717, 1.165) is 41.5 Å². The van der Waals surface area contributed by atoms with Crippen molar-refractivity contribution in [3.63, 3.8) is 0 Å². The summed E-state index contributed by atoms with van der Waals surface area (Å²) < 4.78 is 0.995. The average Bonchev–Trinajstić information content (AvgIpc) is 2.33. The normalized spacial score (nSPS) is 10.4. The molecule has 0 bridgehead atoms. The van der Waals surface area contributed by atoms with E-state index in [1.165, 1.54) is 0 Å². The second-order valence-electron chi connectivity index (χ2n) is 4.15. The fourth-order valence-electron chi connectivity index (χ4n) is 1.76. The molecule has 0 aromatic heterocycles. The van der Waals surface area contributed by atoms with E-state index in [-0.39, 0.29) is 5.91 Å². The molecule has 17 heavy (non-hydrogen) atoms. The molecule has 0 saturated carbocycles. The Morgan fingerprint density at radius 3 is 2.65 bits per heavy atom. The molecule has 0 atom stereocenters. The van der Waals surface area contributed by atoms with Gasteiger partial charge in [-0.15, -0.1) is 0 Å². The molecule has 94 valence electrons. The third-order valence-electron chi connectivity index (χ3n) is 2.95. The van der Waals surface area contributed by atoms with Crippen molar-refractivity contribution in [2.75, 3.05) is 13.1 Å². The van der Waals surface area contributed by atoms with E-state index in [2.05, 4.69) is 22.9 Å². The molecular weight excluding hydrogens is 278 g/mol. The van der Waals surface area contributed by atoms with Crippen LogP contribution >= 0.6 is 15.9 Å². The van der Waals surface area contributed by atoms with Crippen LogP contribution in [0, 0.1) is 6.92 Å². The first-order valence-corrected chi connectivity index (χ1v) is 6.95. The molecule has 2 nitrogen and oxygen atoms in total. The van der Waals surface area contributed by atoms with Gasteiger partial charge in [0, 0.05) is 23.1 Å². The standard InChI is InChI=1S/C14H20BrNO/c1-4-6-10-16(5-2)14(17)12-8-7-9-13(15)11(12)3/h7-9H,4-6,10H2,1-3H3. The third-order valence-corrected chi connectivity index (χ3v) is 3.81. The van der Waals surface area contributed by atoms with Crippen LogP contribution in [0.5, 0.6) is 0 Å². The molecule has 0 aliphatic rings. The molecule has 0 aliphatic heterocycles. The molecule has 0 heterocycles. The van der Waals surface area contributed by atoms with Crippen molar-refractivity contribution < 1.29 is 4.79 Å². The van der Waals surface area contributed by atoms with Gasteiger partial charge in [-0.25, -0.2) is 0 Å². The first-order valence-electron chi connectivity index (χ1n) is 6.16. The largest absolute Gasteiger partial charge is 0.339 e. The molecule has 1 aromatic rings. The zero-order valence-corrected chi connectivity index (χ0v) is 12.4. The molecule has 3 heteroatoms. The van der Waals surface area contributed by atoms with Gasteiger partial charge in [0.2, 0.25) is 0 Å². The molecular formula is C14H20BrNO. The molecule has 0 saturated heterocycles. The van der Waals surface area contributed by atoms with Crippen LogP contribution in [0.4, 0.5) is 0 Å². The average molecular weight is 298 g/mol. The molecule has 0 unspecified atom stereocenters. The Morgan fingerprint density at radius 1 is 1.35 bits per heavy atom. The van der Waals surface area contributed by atoms with Gasteiger partial charge < -0.3 is 4.90 Å². The number of amides is 1. The molecule has 1 amide bonds. The van der Waals surface area contributed by atoms with E-state index in [1.54, 1.807) is 0 Å². The number of halogens is 1. The summed E-state index contributed by atoms with van der Waals surface area (Å²) in [4.78, 5) is 14.3. The SMILES string of the molecule is CCCCN(CC)C(=O)c1cccc(Br)c1C. The number of nitrogens with zero attached hydrogens (tertiary/aromatic N) is 1. The summed E-state index contributed by atoms with van der Waals surface area (Å²) in [5, 5.41) is 0. The maximum absolute atomic E-state index is 12.4. The Bertz CT molecular complexity index is 390. The van der Waals surface area contributed by atoms with Crippen molar-refractivity contribution in [3.8, 4) is 0 Å². The number of hydrogen-bond acceptors (Lipinski definition) is 1. The predicted octanol–water partition coefficient (Wildman–Crippen LogP) is 4.02. The smallest absolute Gasteiger partial charge is 0.254 e. The van der Waals surface area contributed by atoms with E-state index in [0.29, 0.717) is 0 Å². The van der Waals surface area contributed by atoms with Crippen LogP contribution in [0.1, 0.15) is 42.6 Å². The highest BCUT2D eigenvalue weighted by atomic mass is 79.9. The van der Waals surface area contributed by atoms with Gasteiger partial charge in [0.15, 0.2) is 0 Å². The topological polar surface area (TPSA) is 20.3 Å². The van der Waals surface area contributed by atoms with Crippen molar-refractivity contribution in [3.05, 3.63) is 33.8 Å². The molecule has 0 spiro atoms. The van der Waals surface area contributed by atoms with Gasteiger partial charge in [-0.3, -0.25) is 4.79 Å². The van der Waals surface area contributed by atoms with Crippen molar-refractivity contribution in [1.82, 2.24) is 4.90 Å². The van der Waals surface area contributed by atoms with Crippen LogP contribution in [0.3, 0.4) is 0 Å². The first kappa shape index (κ1) is 14.2. The Hall–Kier alpha value is -0.830. The minimum Gasteiger partial charge on any atom is -0.339 e. The third kappa shape index (κ3) is 3.56. The highest BCUT2D eigenvalue weighted by molar-refractivity contribution is 9.10. The minimum absolute atomic E-state index is 0.139. The Kier molecular flexibility index (Phi) is 5.69. The summed E-state index contributed by atoms with van der Waals surface area (Å²) in [5.74, 6) is 0.139. The minimum atomic E-state index is 0.139.